The smallest absolute Gasteiger partial charge is 0.0639 e. The van der Waals surface area contributed by atoms with Crippen LogP contribution in [0.25, 0.3) is 0 Å². The van der Waals surface area contributed by atoms with Crippen molar-refractivity contribution < 1.29 is 0 Å². The van der Waals surface area contributed by atoms with Gasteiger partial charge in [-0.3, -0.25) is 4.98 Å². The third-order valence-electron chi connectivity index (χ3n) is 2.95. The number of rotatable bonds is 6. The molecule has 1 aromatic heterocycles. The van der Waals surface area contributed by atoms with Crippen LogP contribution in [0.4, 0.5) is 0 Å². The molecule has 0 aliphatic heterocycles. The molecule has 1 aromatic rings. The molecule has 2 unspecified atom stereocenters. The van der Waals surface area contributed by atoms with Gasteiger partial charge in [-0.15, -0.1) is 0 Å². The number of hydrogen-bond donors (Lipinski definition) is 1. The number of nitrogens with zero attached hydrogens (tertiary/aromatic N) is 1. The Morgan fingerprint density at radius 2 is 2.06 bits per heavy atom. The van der Waals surface area contributed by atoms with Gasteiger partial charge in [0.25, 0.3) is 0 Å². The summed E-state index contributed by atoms with van der Waals surface area (Å²) in [7, 11) is 0. The van der Waals surface area contributed by atoms with E-state index >= 15 is 0 Å². The molecular formula is C13H20Cl2N2. The van der Waals surface area contributed by atoms with Gasteiger partial charge in [0.2, 0.25) is 0 Å². The van der Waals surface area contributed by atoms with Crippen molar-refractivity contribution in [1.29, 1.82) is 0 Å². The highest BCUT2D eigenvalue weighted by Crippen LogP contribution is 2.29. The van der Waals surface area contributed by atoms with Gasteiger partial charge in [0.05, 0.1) is 15.7 Å². The highest BCUT2D eigenvalue weighted by molar-refractivity contribution is 6.34. The van der Waals surface area contributed by atoms with Crippen molar-refractivity contribution in [1.82, 2.24) is 10.3 Å². The van der Waals surface area contributed by atoms with Crippen LogP contribution in [0.5, 0.6) is 0 Å². The van der Waals surface area contributed by atoms with Crippen LogP contribution in [0.15, 0.2) is 12.3 Å². The summed E-state index contributed by atoms with van der Waals surface area (Å²) < 4.78 is 0. The predicted molar refractivity (Wildman–Crippen MR) is 75.0 cm³/mol. The minimum Gasteiger partial charge on any atom is -0.314 e. The molecule has 0 aliphatic carbocycles. The Kier molecular flexibility index (Phi) is 6.24. The van der Waals surface area contributed by atoms with E-state index in [4.69, 9.17) is 23.2 Å². The molecule has 96 valence electrons. The molecule has 17 heavy (non-hydrogen) atoms. The number of nitrogens with one attached hydrogen (secondary N) is 1. The first-order valence-corrected chi connectivity index (χ1v) is 6.90. The van der Waals surface area contributed by atoms with Gasteiger partial charge in [-0.05, 0) is 32.4 Å². The minimum atomic E-state index is 0.325. The summed E-state index contributed by atoms with van der Waals surface area (Å²) in [4.78, 5) is 4.37. The van der Waals surface area contributed by atoms with Gasteiger partial charge >= 0.3 is 0 Å². The lowest BCUT2D eigenvalue weighted by Gasteiger charge is -2.24. The fraction of sp³-hybridized carbons (Fsp3) is 0.615. The lowest BCUT2D eigenvalue weighted by molar-refractivity contribution is 0.443. The second-order valence-corrected chi connectivity index (χ2v) is 5.12. The largest absolute Gasteiger partial charge is 0.314 e. The number of pyridine rings is 1. The second-order valence-electron chi connectivity index (χ2n) is 4.28. The molecule has 0 saturated carbocycles. The molecule has 1 N–H and O–H groups in total. The van der Waals surface area contributed by atoms with Crippen LogP contribution in [0.1, 0.15) is 45.2 Å². The first kappa shape index (κ1) is 14.7. The topological polar surface area (TPSA) is 24.9 Å². The summed E-state index contributed by atoms with van der Waals surface area (Å²) in [6.07, 6.45) is 3.80. The first-order chi connectivity index (χ1) is 8.10. The Morgan fingerprint density at radius 1 is 1.35 bits per heavy atom. The van der Waals surface area contributed by atoms with Gasteiger partial charge in [0.1, 0.15) is 0 Å². The average Bonchev–Trinajstić information content (AvgIpc) is 2.30. The van der Waals surface area contributed by atoms with Gasteiger partial charge in [-0.1, -0.05) is 37.0 Å². The van der Waals surface area contributed by atoms with Crippen molar-refractivity contribution in [2.45, 2.75) is 45.6 Å². The molecule has 2 nitrogen and oxygen atoms in total. The summed E-state index contributed by atoms with van der Waals surface area (Å²) in [6, 6.07) is 2.13. The van der Waals surface area contributed by atoms with E-state index in [0.717, 1.165) is 25.1 Å². The molecule has 1 heterocycles. The molecule has 1 rings (SSSR count). The van der Waals surface area contributed by atoms with Crippen molar-refractivity contribution in [2.75, 3.05) is 6.54 Å². The summed E-state index contributed by atoms with van der Waals surface area (Å²) >= 11 is 12.1. The van der Waals surface area contributed by atoms with E-state index in [1.165, 1.54) is 0 Å². The Balaban J connectivity index is 2.85. The molecule has 0 fully saturated rings. The van der Waals surface area contributed by atoms with Crippen molar-refractivity contribution >= 4 is 23.2 Å². The first-order valence-electron chi connectivity index (χ1n) is 6.14. The second kappa shape index (κ2) is 7.20. The maximum Gasteiger partial charge on any atom is 0.0639 e. The monoisotopic (exact) mass is 274 g/mol. The summed E-state index contributed by atoms with van der Waals surface area (Å²) in [5.74, 6) is 0.325. The standard InChI is InChI=1S/C13H20Cl2N2/c1-4-6-16-9(3)11(5-2)13-12(15)7-10(14)8-17-13/h7-9,11,16H,4-6H2,1-3H3. The SMILES string of the molecule is CCCNC(C)C(CC)c1ncc(Cl)cc1Cl. The zero-order chi connectivity index (χ0) is 12.8. The molecule has 0 radical (unpaired) electrons. The molecule has 0 bridgehead atoms. The Hall–Kier alpha value is -0.310. The van der Waals surface area contributed by atoms with Crippen LogP contribution in [0.3, 0.4) is 0 Å². The number of aromatic nitrogens is 1. The molecule has 0 aliphatic rings. The van der Waals surface area contributed by atoms with E-state index in [0.29, 0.717) is 22.0 Å². The van der Waals surface area contributed by atoms with Crippen molar-refractivity contribution in [3.8, 4) is 0 Å². The third kappa shape index (κ3) is 4.13. The Labute approximate surface area is 114 Å². The zero-order valence-corrected chi connectivity index (χ0v) is 12.1. The van der Waals surface area contributed by atoms with Crippen LogP contribution in [-0.4, -0.2) is 17.6 Å². The highest BCUT2D eigenvalue weighted by Gasteiger charge is 2.20. The predicted octanol–water partition coefficient (Wildman–Crippen LogP) is 4.27. The quantitative estimate of drug-likeness (QED) is 0.838. The number of hydrogen-bond acceptors (Lipinski definition) is 2. The van der Waals surface area contributed by atoms with Gasteiger partial charge in [0, 0.05) is 18.2 Å². The number of halogens is 2. The molecule has 0 spiro atoms. The van der Waals surface area contributed by atoms with Gasteiger partial charge in [-0.25, -0.2) is 0 Å². The summed E-state index contributed by atoms with van der Waals surface area (Å²) in [5, 5.41) is 4.74. The fourth-order valence-electron chi connectivity index (χ4n) is 2.00. The van der Waals surface area contributed by atoms with E-state index in [-0.39, 0.29) is 0 Å². The summed E-state index contributed by atoms with van der Waals surface area (Å²) in [5.41, 5.74) is 0.940. The fourth-order valence-corrected chi connectivity index (χ4v) is 2.52. The Morgan fingerprint density at radius 3 is 2.59 bits per heavy atom. The van der Waals surface area contributed by atoms with Crippen LogP contribution in [0, 0.1) is 0 Å². The van der Waals surface area contributed by atoms with E-state index in [9.17, 15) is 0 Å². The minimum absolute atomic E-state index is 0.325. The lowest BCUT2D eigenvalue weighted by Crippen LogP contribution is -2.33. The van der Waals surface area contributed by atoms with Gasteiger partial charge in [0.15, 0.2) is 0 Å². The molecular weight excluding hydrogens is 255 g/mol. The maximum atomic E-state index is 6.21. The average molecular weight is 275 g/mol. The molecule has 0 amide bonds. The summed E-state index contributed by atoms with van der Waals surface area (Å²) in [6.45, 7) is 7.51. The van der Waals surface area contributed by atoms with Crippen molar-refractivity contribution in [3.63, 3.8) is 0 Å². The normalized spacial score (nSPS) is 14.6. The van der Waals surface area contributed by atoms with E-state index < -0.39 is 0 Å². The lowest BCUT2D eigenvalue weighted by atomic mass is 9.94. The van der Waals surface area contributed by atoms with Gasteiger partial charge in [-0.2, -0.15) is 0 Å². The van der Waals surface area contributed by atoms with E-state index in [2.05, 4.69) is 31.1 Å². The van der Waals surface area contributed by atoms with Crippen LogP contribution >= 0.6 is 23.2 Å². The highest BCUT2D eigenvalue weighted by atomic mass is 35.5. The van der Waals surface area contributed by atoms with Gasteiger partial charge < -0.3 is 5.32 Å². The molecule has 0 aromatic carbocycles. The van der Waals surface area contributed by atoms with E-state index in [1.807, 2.05) is 0 Å². The Bertz CT molecular complexity index is 355. The molecule has 4 heteroatoms. The molecule has 2 atom stereocenters. The maximum absolute atomic E-state index is 6.21. The van der Waals surface area contributed by atoms with Crippen LogP contribution in [-0.2, 0) is 0 Å². The van der Waals surface area contributed by atoms with Crippen molar-refractivity contribution in [3.05, 3.63) is 28.0 Å². The molecule has 0 saturated heterocycles. The van der Waals surface area contributed by atoms with E-state index in [1.54, 1.807) is 12.3 Å². The van der Waals surface area contributed by atoms with Crippen LogP contribution < -0.4 is 5.32 Å². The van der Waals surface area contributed by atoms with Crippen LogP contribution in [0.2, 0.25) is 10.0 Å². The zero-order valence-electron chi connectivity index (χ0n) is 10.6. The van der Waals surface area contributed by atoms with Crippen molar-refractivity contribution in [2.24, 2.45) is 0 Å². The third-order valence-corrected chi connectivity index (χ3v) is 3.46.